The second-order valence-corrected chi connectivity index (χ2v) is 12.7. The van der Waals surface area contributed by atoms with E-state index in [0.717, 1.165) is 29.0 Å². The van der Waals surface area contributed by atoms with Crippen molar-refractivity contribution >= 4 is 79.9 Å². The number of hydrogen-bond acceptors (Lipinski definition) is 8. The van der Waals surface area contributed by atoms with E-state index in [2.05, 4.69) is 16.8 Å². The first-order valence-corrected chi connectivity index (χ1v) is 15.4. The molecule has 43 heavy (non-hydrogen) atoms. The average Bonchev–Trinajstić information content (AvgIpc) is 3.62. The number of aromatic nitrogens is 2. The third-order valence-corrected chi connectivity index (χ3v) is 10.0. The number of halogens is 3. The van der Waals surface area contributed by atoms with Gasteiger partial charge < -0.3 is 9.32 Å². The quantitative estimate of drug-likeness (QED) is 0.113. The molecule has 0 aliphatic carbocycles. The second-order valence-electron chi connectivity index (χ2n) is 9.72. The number of para-hydroxylation sites is 1. The molecule has 2 aliphatic heterocycles. The Morgan fingerprint density at radius 1 is 1.07 bits per heavy atom. The van der Waals surface area contributed by atoms with Gasteiger partial charge in [0.15, 0.2) is 15.3 Å². The molecule has 1 atom stereocenters. The predicted molar refractivity (Wildman–Crippen MR) is 165 cm³/mol. The molecule has 1 spiro atoms. The lowest BCUT2D eigenvalue weighted by molar-refractivity contribution is -0.121. The maximum atomic E-state index is 14.6. The zero-order valence-electron chi connectivity index (χ0n) is 21.8. The van der Waals surface area contributed by atoms with Crippen LogP contribution < -0.4 is 15.2 Å². The third kappa shape index (κ3) is 4.06. The highest BCUT2D eigenvalue weighted by Crippen LogP contribution is 2.54. The number of hydrogen-bond donors (Lipinski definition) is 0. The first-order chi connectivity index (χ1) is 20.7. The molecule has 0 fully saturated rings. The molecule has 3 aromatic carbocycles. The highest BCUT2D eigenvalue weighted by molar-refractivity contribution is 8.00. The highest BCUT2D eigenvalue weighted by atomic mass is 35.5. The van der Waals surface area contributed by atoms with E-state index in [9.17, 15) is 18.8 Å². The number of nitrogens with zero attached hydrogens (tertiary/aromatic N) is 4. The van der Waals surface area contributed by atoms with Crippen LogP contribution in [0.4, 0.5) is 15.2 Å². The van der Waals surface area contributed by atoms with Crippen molar-refractivity contribution in [2.75, 3.05) is 16.3 Å². The molecular weight excluding hydrogens is 634 g/mol. The molecule has 7 rings (SSSR count). The summed E-state index contributed by atoms with van der Waals surface area (Å²) in [7, 11) is 0. The molecule has 2 amide bonds. The summed E-state index contributed by atoms with van der Waals surface area (Å²) in [6.07, 6.45) is 1.55. The second kappa shape index (κ2) is 10.3. The number of thioether (sulfide) groups is 1. The normalized spacial score (nSPS) is 17.3. The van der Waals surface area contributed by atoms with Gasteiger partial charge in [-0.3, -0.25) is 19.3 Å². The third-order valence-electron chi connectivity index (χ3n) is 7.35. The van der Waals surface area contributed by atoms with Gasteiger partial charge in [0, 0.05) is 27.9 Å². The van der Waals surface area contributed by atoms with Crippen LogP contribution in [0.2, 0.25) is 10.0 Å². The first kappa shape index (κ1) is 27.8. The lowest BCUT2D eigenvalue weighted by Gasteiger charge is -2.31. The SMILES string of the molecule is C=CCN1C(=O)C2(c3ccccc31)c1c(oc3ccc(F)cc3c1=O)C(=O)N2c1nnc(SCc2ccc(Cl)cc2Cl)s1. The molecule has 4 heterocycles. The lowest BCUT2D eigenvalue weighted by Crippen LogP contribution is -2.53. The summed E-state index contributed by atoms with van der Waals surface area (Å²) in [5.41, 5.74) is -1.13. The zero-order chi connectivity index (χ0) is 30.0. The smallest absolute Gasteiger partial charge is 0.297 e. The molecule has 0 bridgehead atoms. The van der Waals surface area contributed by atoms with Gasteiger partial charge in [-0.1, -0.05) is 76.6 Å². The van der Waals surface area contributed by atoms with Gasteiger partial charge in [-0.05, 0) is 42.0 Å². The number of carbonyl (C=O) groups excluding carboxylic acids is 2. The van der Waals surface area contributed by atoms with Crippen LogP contribution in [0.25, 0.3) is 11.0 Å². The Morgan fingerprint density at radius 2 is 1.88 bits per heavy atom. The monoisotopic (exact) mass is 650 g/mol. The largest absolute Gasteiger partial charge is 0.450 e. The Bertz CT molecular complexity index is 2080. The number of fused-ring (bicyclic) bond motifs is 5. The van der Waals surface area contributed by atoms with Gasteiger partial charge in [0.25, 0.3) is 11.8 Å². The van der Waals surface area contributed by atoms with E-state index < -0.39 is 28.6 Å². The summed E-state index contributed by atoms with van der Waals surface area (Å²) in [5.74, 6) is -1.84. The Balaban J connectivity index is 1.42. The molecule has 5 aromatic rings. The zero-order valence-corrected chi connectivity index (χ0v) is 25.0. The van der Waals surface area contributed by atoms with Gasteiger partial charge in [0.1, 0.15) is 11.4 Å². The standard InChI is InChI=1S/C30H17Cl2FN4O4S2/c1-2-11-36-21-6-4-3-5-19(21)30(27(36)40)23-24(38)18-13-17(33)9-10-22(18)41-25(23)26(39)37(30)28-34-35-29(43-28)42-14-15-7-8-16(31)12-20(15)32/h2-10,12-13H,1,11,14H2. The Hall–Kier alpha value is -4.03. The number of amides is 2. The van der Waals surface area contributed by atoms with E-state index in [1.165, 1.54) is 27.6 Å². The van der Waals surface area contributed by atoms with Crippen molar-refractivity contribution in [2.45, 2.75) is 15.6 Å². The molecular formula is C30H17Cl2FN4O4S2. The Morgan fingerprint density at radius 3 is 2.67 bits per heavy atom. The number of carbonyl (C=O) groups is 2. The fraction of sp³-hybridized carbons (Fsp3) is 0.100. The summed E-state index contributed by atoms with van der Waals surface area (Å²) in [6.45, 7) is 3.89. The van der Waals surface area contributed by atoms with Gasteiger partial charge in [0.2, 0.25) is 10.9 Å². The molecule has 13 heteroatoms. The Labute approximate surface area is 261 Å². The minimum Gasteiger partial charge on any atom is -0.450 e. The van der Waals surface area contributed by atoms with Crippen molar-refractivity contribution in [3.63, 3.8) is 0 Å². The Kier molecular flexibility index (Phi) is 6.66. The van der Waals surface area contributed by atoms with Crippen LogP contribution in [0.1, 0.15) is 27.2 Å². The number of benzene rings is 3. The molecule has 2 aliphatic rings. The number of anilines is 2. The molecule has 0 radical (unpaired) electrons. The summed E-state index contributed by atoms with van der Waals surface area (Å²) >= 11 is 14.8. The number of rotatable bonds is 6. The minimum atomic E-state index is -1.96. The van der Waals surface area contributed by atoms with Crippen molar-refractivity contribution in [1.82, 2.24) is 10.2 Å². The summed E-state index contributed by atoms with van der Waals surface area (Å²) in [6, 6.07) is 15.5. The molecule has 2 aromatic heterocycles. The fourth-order valence-electron chi connectivity index (χ4n) is 5.57. The van der Waals surface area contributed by atoms with E-state index in [-0.39, 0.29) is 34.0 Å². The van der Waals surface area contributed by atoms with Crippen molar-refractivity contribution in [3.8, 4) is 0 Å². The summed E-state index contributed by atoms with van der Waals surface area (Å²) < 4.78 is 20.8. The van der Waals surface area contributed by atoms with Crippen LogP contribution in [-0.2, 0) is 16.1 Å². The average molecular weight is 652 g/mol. The highest BCUT2D eigenvalue weighted by Gasteiger charge is 2.66. The van der Waals surface area contributed by atoms with E-state index in [0.29, 0.717) is 31.4 Å². The van der Waals surface area contributed by atoms with Crippen LogP contribution >= 0.6 is 46.3 Å². The van der Waals surface area contributed by atoms with Gasteiger partial charge in [-0.25, -0.2) is 4.39 Å². The van der Waals surface area contributed by atoms with Gasteiger partial charge in [-0.15, -0.1) is 16.8 Å². The molecule has 8 nitrogen and oxygen atoms in total. The molecule has 214 valence electrons. The van der Waals surface area contributed by atoms with Gasteiger partial charge in [0.05, 0.1) is 16.6 Å². The van der Waals surface area contributed by atoms with Crippen molar-refractivity contribution in [2.24, 2.45) is 0 Å². The van der Waals surface area contributed by atoms with E-state index in [1.54, 1.807) is 42.5 Å². The van der Waals surface area contributed by atoms with E-state index in [1.807, 2.05) is 6.07 Å². The molecule has 0 N–H and O–H groups in total. The van der Waals surface area contributed by atoms with Gasteiger partial charge in [-0.2, -0.15) is 0 Å². The van der Waals surface area contributed by atoms with Crippen molar-refractivity contribution < 1.29 is 18.4 Å². The van der Waals surface area contributed by atoms with Gasteiger partial charge >= 0.3 is 0 Å². The topological polar surface area (TPSA) is 96.6 Å². The first-order valence-electron chi connectivity index (χ1n) is 12.8. The van der Waals surface area contributed by atoms with Crippen LogP contribution in [0.5, 0.6) is 0 Å². The molecule has 1 unspecified atom stereocenters. The van der Waals surface area contributed by atoms with Crippen LogP contribution in [0.3, 0.4) is 0 Å². The predicted octanol–water partition coefficient (Wildman–Crippen LogP) is 6.82. The van der Waals surface area contributed by atoms with E-state index in [4.69, 9.17) is 27.6 Å². The maximum Gasteiger partial charge on any atom is 0.297 e. The summed E-state index contributed by atoms with van der Waals surface area (Å²) in [4.78, 5) is 45.6. The lowest BCUT2D eigenvalue weighted by atomic mass is 9.84. The van der Waals surface area contributed by atoms with Crippen molar-refractivity contribution in [1.29, 1.82) is 0 Å². The molecule has 0 saturated carbocycles. The minimum absolute atomic E-state index is 0.0190. The van der Waals surface area contributed by atoms with Crippen LogP contribution in [-0.4, -0.2) is 28.6 Å². The van der Waals surface area contributed by atoms with Crippen molar-refractivity contribution in [3.05, 3.63) is 122 Å². The van der Waals surface area contributed by atoms with Crippen LogP contribution in [0, 0.1) is 5.82 Å². The molecule has 0 saturated heterocycles. The van der Waals surface area contributed by atoms with Crippen LogP contribution in [0.15, 0.2) is 86.9 Å². The maximum absolute atomic E-state index is 14.6. The fourth-order valence-corrected chi connectivity index (χ4v) is 8.03. The summed E-state index contributed by atoms with van der Waals surface area (Å²) in [5, 5.41) is 9.57. The van der Waals surface area contributed by atoms with E-state index >= 15 is 0 Å².